The molecule has 0 saturated heterocycles. The molecule has 1 aromatic carbocycles. The van der Waals surface area contributed by atoms with Crippen molar-refractivity contribution in [3.8, 4) is 0 Å². The first-order valence-corrected chi connectivity index (χ1v) is 11.0. The van der Waals surface area contributed by atoms with Crippen LogP contribution in [0.5, 0.6) is 0 Å². The highest BCUT2D eigenvalue weighted by atomic mass is 79.9. The molecule has 2 aromatic rings. The molecule has 1 atom stereocenters. The number of methoxy groups -OCH3 is 1. The maximum absolute atomic E-state index is 12.9. The fourth-order valence-corrected chi connectivity index (χ4v) is 3.85. The van der Waals surface area contributed by atoms with E-state index >= 15 is 0 Å². The Bertz CT molecular complexity index is 1110. The number of imidazole rings is 1. The number of ether oxygens (including phenoxy) is 1. The Balaban J connectivity index is 1.78. The summed E-state index contributed by atoms with van der Waals surface area (Å²) in [6.07, 6.45) is 6.85. The van der Waals surface area contributed by atoms with E-state index in [2.05, 4.69) is 43.5 Å². The SMILES string of the molecule is C=Cc1nc(C(COC)NC(=O)c2ccc(C(=O)N3CC=C=CC3)c(Br)c2)[nH]c1/C=C/Cl. The van der Waals surface area contributed by atoms with E-state index in [1.165, 1.54) is 12.6 Å². The quantitative estimate of drug-likeness (QED) is 0.511. The molecule has 0 radical (unpaired) electrons. The van der Waals surface area contributed by atoms with Crippen LogP contribution in [0.25, 0.3) is 12.2 Å². The van der Waals surface area contributed by atoms with Crippen LogP contribution in [0.15, 0.2) is 52.7 Å². The molecule has 9 heteroatoms. The molecule has 1 aliphatic heterocycles. The average Bonchev–Trinajstić information content (AvgIpc) is 3.22. The van der Waals surface area contributed by atoms with Crippen molar-refractivity contribution in [3.63, 3.8) is 0 Å². The summed E-state index contributed by atoms with van der Waals surface area (Å²) in [5, 5.41) is 2.91. The Kier molecular flexibility index (Phi) is 8.25. The van der Waals surface area contributed by atoms with E-state index in [1.807, 2.05) is 0 Å². The second-order valence-electron chi connectivity index (χ2n) is 6.88. The van der Waals surface area contributed by atoms with Crippen LogP contribution in [0.3, 0.4) is 0 Å². The van der Waals surface area contributed by atoms with Crippen molar-refractivity contribution in [1.82, 2.24) is 20.2 Å². The maximum atomic E-state index is 12.9. The lowest BCUT2D eigenvalue weighted by Gasteiger charge is -2.21. The van der Waals surface area contributed by atoms with Crippen molar-refractivity contribution in [3.05, 3.63) is 81.0 Å². The van der Waals surface area contributed by atoms with E-state index in [0.717, 1.165) is 0 Å². The number of hydrogen-bond donors (Lipinski definition) is 2. The van der Waals surface area contributed by atoms with Gasteiger partial charge in [0.1, 0.15) is 11.9 Å². The van der Waals surface area contributed by atoms with Crippen LogP contribution in [-0.4, -0.2) is 53.5 Å². The topological polar surface area (TPSA) is 87.3 Å². The van der Waals surface area contributed by atoms with E-state index in [1.54, 1.807) is 47.4 Å². The van der Waals surface area contributed by atoms with Gasteiger partial charge >= 0.3 is 0 Å². The van der Waals surface area contributed by atoms with Gasteiger partial charge in [-0.3, -0.25) is 9.59 Å². The van der Waals surface area contributed by atoms with Crippen LogP contribution in [0, 0.1) is 0 Å². The lowest BCUT2D eigenvalue weighted by atomic mass is 10.1. The molecule has 0 spiro atoms. The van der Waals surface area contributed by atoms with Crippen molar-refractivity contribution in [2.24, 2.45) is 0 Å². The van der Waals surface area contributed by atoms with Gasteiger partial charge in [0.25, 0.3) is 11.8 Å². The first kappa shape index (κ1) is 23.8. The minimum absolute atomic E-state index is 0.123. The van der Waals surface area contributed by atoms with Gasteiger partial charge in [0.05, 0.1) is 23.6 Å². The number of amides is 2. The van der Waals surface area contributed by atoms with Gasteiger partial charge in [-0.15, -0.1) is 5.73 Å². The lowest BCUT2D eigenvalue weighted by molar-refractivity contribution is 0.0786. The molecule has 1 aliphatic rings. The van der Waals surface area contributed by atoms with Crippen LogP contribution in [0.1, 0.15) is 44.0 Å². The highest BCUT2D eigenvalue weighted by Crippen LogP contribution is 2.22. The molecule has 2 heterocycles. The second kappa shape index (κ2) is 11.1. The van der Waals surface area contributed by atoms with Crippen molar-refractivity contribution in [2.75, 3.05) is 26.8 Å². The summed E-state index contributed by atoms with van der Waals surface area (Å²) in [5.41, 5.74) is 6.50. The summed E-state index contributed by atoms with van der Waals surface area (Å²) in [5.74, 6) is 0.0565. The largest absolute Gasteiger partial charge is 0.382 e. The van der Waals surface area contributed by atoms with Crippen molar-refractivity contribution in [2.45, 2.75) is 6.04 Å². The standard InChI is InChI=1S/C23H22BrClN4O3/c1-3-18-19(9-10-25)27-21(26-18)20(14-32-2)28-22(30)15-7-8-16(17(24)13-15)23(31)29-11-5-4-6-12-29/h3,5-10,13,20H,1,11-12,14H2,2H3,(H,26,27)(H,28,30)/b10-9+. The van der Waals surface area contributed by atoms with E-state index in [4.69, 9.17) is 16.3 Å². The molecule has 0 bridgehead atoms. The number of nitrogens with one attached hydrogen (secondary N) is 2. The average molecular weight is 518 g/mol. The molecular weight excluding hydrogens is 496 g/mol. The summed E-state index contributed by atoms with van der Waals surface area (Å²) in [6.45, 7) is 4.95. The van der Waals surface area contributed by atoms with Crippen molar-refractivity contribution >= 4 is 51.5 Å². The van der Waals surface area contributed by atoms with Crippen LogP contribution in [0.4, 0.5) is 0 Å². The van der Waals surface area contributed by atoms with E-state index < -0.39 is 6.04 Å². The van der Waals surface area contributed by atoms with Gasteiger partial charge in [-0.05, 0) is 58.4 Å². The number of benzene rings is 1. The second-order valence-corrected chi connectivity index (χ2v) is 7.99. The van der Waals surface area contributed by atoms with Gasteiger partial charge in [0, 0.05) is 35.8 Å². The Hall–Kier alpha value is -2.90. The minimum atomic E-state index is -0.532. The van der Waals surface area contributed by atoms with Crippen LogP contribution in [0.2, 0.25) is 0 Å². The molecule has 1 unspecified atom stereocenters. The minimum Gasteiger partial charge on any atom is -0.382 e. The monoisotopic (exact) mass is 516 g/mol. The van der Waals surface area contributed by atoms with Crippen molar-refractivity contribution < 1.29 is 14.3 Å². The number of H-pyrrole nitrogens is 1. The zero-order chi connectivity index (χ0) is 23.1. The normalized spacial score (nSPS) is 14.0. The van der Waals surface area contributed by atoms with Crippen LogP contribution in [-0.2, 0) is 4.74 Å². The van der Waals surface area contributed by atoms with Gasteiger partial charge in [-0.2, -0.15) is 0 Å². The third-order valence-electron chi connectivity index (χ3n) is 4.78. The molecule has 3 rings (SSSR count). The molecule has 0 saturated carbocycles. The third-order valence-corrected chi connectivity index (χ3v) is 5.56. The van der Waals surface area contributed by atoms with E-state index in [0.29, 0.717) is 45.9 Å². The Labute approximate surface area is 199 Å². The molecule has 0 aliphatic carbocycles. The number of hydrogen-bond acceptors (Lipinski definition) is 4. The molecule has 2 N–H and O–H groups in total. The molecule has 166 valence electrons. The number of aromatic nitrogens is 2. The maximum Gasteiger partial charge on any atom is 0.255 e. The lowest BCUT2D eigenvalue weighted by Crippen LogP contribution is -2.33. The smallest absolute Gasteiger partial charge is 0.255 e. The highest BCUT2D eigenvalue weighted by Gasteiger charge is 2.22. The number of rotatable bonds is 8. The molecule has 32 heavy (non-hydrogen) atoms. The summed E-state index contributed by atoms with van der Waals surface area (Å²) in [4.78, 5) is 35.0. The fraction of sp³-hybridized carbons (Fsp3) is 0.217. The summed E-state index contributed by atoms with van der Waals surface area (Å²) in [6, 6.07) is 4.35. The summed E-state index contributed by atoms with van der Waals surface area (Å²) >= 11 is 9.11. The van der Waals surface area contributed by atoms with Gasteiger partial charge < -0.3 is 19.9 Å². The Morgan fingerprint density at radius 2 is 2.19 bits per heavy atom. The predicted molar refractivity (Wildman–Crippen MR) is 128 cm³/mol. The van der Waals surface area contributed by atoms with Crippen molar-refractivity contribution in [1.29, 1.82) is 0 Å². The first-order chi connectivity index (χ1) is 15.5. The van der Waals surface area contributed by atoms with Crippen LogP contribution < -0.4 is 5.32 Å². The van der Waals surface area contributed by atoms with Gasteiger partial charge in [-0.1, -0.05) is 18.2 Å². The summed E-state index contributed by atoms with van der Waals surface area (Å²) < 4.78 is 5.80. The van der Waals surface area contributed by atoms with Gasteiger partial charge in [0.15, 0.2) is 0 Å². The fourth-order valence-electron chi connectivity index (χ4n) is 3.18. The number of carbonyl (C=O) groups excluding carboxylic acids is 2. The highest BCUT2D eigenvalue weighted by molar-refractivity contribution is 9.10. The molecule has 7 nitrogen and oxygen atoms in total. The number of carbonyl (C=O) groups is 2. The first-order valence-electron chi connectivity index (χ1n) is 9.75. The Morgan fingerprint density at radius 3 is 2.81 bits per heavy atom. The molecular formula is C23H22BrClN4O3. The predicted octanol–water partition coefficient (Wildman–Crippen LogP) is 4.31. The zero-order valence-electron chi connectivity index (χ0n) is 17.4. The van der Waals surface area contributed by atoms with Gasteiger partial charge in [0.2, 0.25) is 0 Å². The molecule has 1 aromatic heterocycles. The third kappa shape index (κ3) is 5.47. The number of halogens is 2. The molecule has 2 amide bonds. The zero-order valence-corrected chi connectivity index (χ0v) is 19.7. The Morgan fingerprint density at radius 1 is 1.44 bits per heavy atom. The molecule has 0 fully saturated rings. The van der Waals surface area contributed by atoms with Crippen LogP contribution >= 0.6 is 27.5 Å². The van der Waals surface area contributed by atoms with E-state index in [-0.39, 0.29) is 18.4 Å². The van der Waals surface area contributed by atoms with E-state index in [9.17, 15) is 9.59 Å². The van der Waals surface area contributed by atoms with Gasteiger partial charge in [-0.25, -0.2) is 4.98 Å². The summed E-state index contributed by atoms with van der Waals surface area (Å²) in [7, 11) is 1.54. The number of aromatic amines is 1. The number of nitrogens with zero attached hydrogens (tertiary/aromatic N) is 2.